The Morgan fingerprint density at radius 2 is 1.31 bits per heavy atom. The van der Waals surface area contributed by atoms with Gasteiger partial charge in [0, 0.05) is 17.6 Å². The molecule has 1 aliphatic carbocycles. The van der Waals surface area contributed by atoms with Gasteiger partial charge in [-0.1, -0.05) is 29.8 Å². The quantitative estimate of drug-likeness (QED) is 0.217. The number of aromatic hydroxyl groups is 1. The van der Waals surface area contributed by atoms with Crippen molar-refractivity contribution in [3.05, 3.63) is 58.9 Å². The average molecular weight is 542 g/mol. The molecule has 1 aromatic rings. The highest BCUT2D eigenvalue weighted by atomic mass is 31.3. The zero-order valence-corrected chi connectivity index (χ0v) is 20.9. The first-order chi connectivity index (χ1) is 16.0. The van der Waals surface area contributed by atoms with Crippen LogP contribution in [-0.4, -0.2) is 76.6 Å². The maximum atomic E-state index is 9.91. The second-order valence-electron chi connectivity index (χ2n) is 7.61. The van der Waals surface area contributed by atoms with Crippen LogP contribution in [0, 0.1) is 5.41 Å². The largest absolute Gasteiger partial charge is 0.508 e. The molecule has 1 aromatic carbocycles. The third-order valence-electron chi connectivity index (χ3n) is 4.54. The van der Waals surface area contributed by atoms with Gasteiger partial charge in [-0.2, -0.15) is 4.31 Å². The molecule has 2 rings (SSSR count). The molecule has 13 nitrogen and oxygen atoms in total. The van der Waals surface area contributed by atoms with E-state index in [4.69, 9.17) is 40.0 Å². The molecule has 200 valence electrons. The van der Waals surface area contributed by atoms with E-state index in [0.717, 1.165) is 5.57 Å². The number of para-hydroxylation sites is 1. The smallest absolute Gasteiger partial charge is 0.478 e. The molecule has 0 radical (unpaired) electrons. The minimum atomic E-state index is -5.05. The van der Waals surface area contributed by atoms with E-state index >= 15 is 0 Å². The van der Waals surface area contributed by atoms with E-state index in [1.54, 1.807) is 18.2 Å². The Balaban J connectivity index is 0.000000549. The van der Waals surface area contributed by atoms with Crippen LogP contribution >= 0.6 is 15.6 Å². The van der Waals surface area contributed by atoms with Gasteiger partial charge in [0.1, 0.15) is 11.5 Å². The summed E-state index contributed by atoms with van der Waals surface area (Å²) in [6.07, 6.45) is 4.27. The maximum Gasteiger partial charge on any atom is 0.478 e. The number of aliphatic hydroxyl groups is 5. The van der Waals surface area contributed by atoms with Gasteiger partial charge >= 0.3 is 15.6 Å². The molecule has 0 bridgehead atoms. The highest BCUT2D eigenvalue weighted by molar-refractivity contribution is 7.60. The van der Waals surface area contributed by atoms with Crippen molar-refractivity contribution in [3.8, 4) is 5.75 Å². The Kier molecular flexibility index (Phi) is 13.9. The van der Waals surface area contributed by atoms with Gasteiger partial charge in [-0.05, 0) is 31.6 Å². The number of allylic oxidation sites excluding steroid dienone is 5. The van der Waals surface area contributed by atoms with Crippen molar-refractivity contribution in [2.24, 2.45) is 5.41 Å². The monoisotopic (exact) mass is 542 g/mol. The van der Waals surface area contributed by atoms with Crippen LogP contribution in [0.3, 0.4) is 0 Å². The summed E-state index contributed by atoms with van der Waals surface area (Å²) in [6, 6.07) is 7.09. The van der Waals surface area contributed by atoms with Crippen LogP contribution in [-0.2, 0) is 13.4 Å². The highest BCUT2D eigenvalue weighted by Crippen LogP contribution is 2.53. The topological polar surface area (TPSA) is 246 Å². The Labute approximate surface area is 202 Å². The fraction of sp³-hybridized carbons (Fsp3) is 0.400. The van der Waals surface area contributed by atoms with Gasteiger partial charge in [-0.3, -0.25) is 0 Å². The summed E-state index contributed by atoms with van der Waals surface area (Å²) < 4.78 is 22.2. The van der Waals surface area contributed by atoms with Crippen molar-refractivity contribution >= 4 is 21.2 Å². The number of benzene rings is 1. The normalized spacial score (nSPS) is 14.1. The van der Waals surface area contributed by atoms with Crippen LogP contribution < -0.4 is 0 Å². The Morgan fingerprint density at radius 1 is 0.857 bits per heavy atom. The second-order valence-corrected chi connectivity index (χ2v) is 10.2. The first-order valence-corrected chi connectivity index (χ1v) is 12.9. The second kappa shape index (κ2) is 14.6. The Hall–Kier alpha value is -1.86. The van der Waals surface area contributed by atoms with E-state index < -0.39 is 47.5 Å². The maximum absolute atomic E-state index is 9.91. The SMILES string of the molecule is CC(C)=C1C=CC(O)=C(c2ccccc2O)C1.O=P(O)(O)OP(=O)(O)O.OCC(CO)(CO)CO. The summed E-state index contributed by atoms with van der Waals surface area (Å²) in [5.74, 6) is 0.439. The molecule has 15 heteroatoms. The fourth-order valence-corrected chi connectivity index (χ4v) is 3.47. The summed E-state index contributed by atoms with van der Waals surface area (Å²) in [6.45, 7) is 2.47. The van der Waals surface area contributed by atoms with Gasteiger partial charge in [0.05, 0.1) is 31.8 Å². The number of phosphoric acid groups is 2. The lowest BCUT2D eigenvalue weighted by atomic mass is 9.90. The van der Waals surface area contributed by atoms with Gasteiger partial charge < -0.3 is 50.2 Å². The van der Waals surface area contributed by atoms with Crippen molar-refractivity contribution in [1.82, 2.24) is 0 Å². The molecule has 0 unspecified atom stereocenters. The van der Waals surface area contributed by atoms with Crippen molar-refractivity contribution < 1.29 is 63.7 Å². The van der Waals surface area contributed by atoms with Crippen molar-refractivity contribution in [3.63, 3.8) is 0 Å². The molecule has 0 saturated carbocycles. The number of phenols is 1. The fourth-order valence-electron chi connectivity index (χ4n) is 2.36. The van der Waals surface area contributed by atoms with Crippen molar-refractivity contribution in [2.75, 3.05) is 26.4 Å². The number of hydrogen-bond acceptors (Lipinski definition) is 9. The van der Waals surface area contributed by atoms with Crippen LogP contribution in [0.2, 0.25) is 0 Å². The lowest BCUT2D eigenvalue weighted by Crippen LogP contribution is -2.37. The molecule has 0 heterocycles. The molecule has 0 amide bonds. The number of hydrogen-bond donors (Lipinski definition) is 10. The summed E-state index contributed by atoms with van der Waals surface area (Å²) in [7, 11) is -10.1. The van der Waals surface area contributed by atoms with Gasteiger partial charge in [0.25, 0.3) is 0 Å². The van der Waals surface area contributed by atoms with E-state index in [0.29, 0.717) is 12.0 Å². The van der Waals surface area contributed by atoms with Gasteiger partial charge in [0.15, 0.2) is 0 Å². The Bertz CT molecular complexity index is 959. The summed E-state index contributed by atoms with van der Waals surface area (Å²) >= 11 is 0. The van der Waals surface area contributed by atoms with Crippen LogP contribution in [0.5, 0.6) is 5.75 Å². The molecule has 0 atom stereocenters. The molecule has 0 aliphatic heterocycles. The van der Waals surface area contributed by atoms with Crippen LogP contribution in [0.4, 0.5) is 0 Å². The summed E-state index contributed by atoms with van der Waals surface area (Å²) in [5, 5.41) is 53.7. The summed E-state index contributed by atoms with van der Waals surface area (Å²) in [4.78, 5) is 31.0. The minimum Gasteiger partial charge on any atom is -0.508 e. The lowest BCUT2D eigenvalue weighted by Gasteiger charge is -2.23. The predicted molar refractivity (Wildman–Crippen MR) is 126 cm³/mol. The molecule has 0 saturated heterocycles. The van der Waals surface area contributed by atoms with E-state index in [9.17, 15) is 19.3 Å². The standard InChI is InChI=1S/C15H16O2.C5H12O4.H4O7P2/c1-10(2)11-7-8-15(17)13(9-11)12-5-3-4-6-14(12)16;6-1-5(2-7,3-8)4-9;1-8(2,3)7-9(4,5)6/h3-8,16-17H,9H2,1-2H3;6-9H,1-4H2;(H2,1,2,3)(H2,4,5,6). The predicted octanol–water partition coefficient (Wildman–Crippen LogP) is 1.09. The van der Waals surface area contributed by atoms with E-state index in [1.807, 2.05) is 32.1 Å². The molecule has 1 aliphatic rings. The molecule has 10 N–H and O–H groups in total. The molecule has 35 heavy (non-hydrogen) atoms. The van der Waals surface area contributed by atoms with Crippen molar-refractivity contribution in [1.29, 1.82) is 0 Å². The van der Waals surface area contributed by atoms with Gasteiger partial charge in [-0.15, -0.1) is 0 Å². The number of aliphatic hydroxyl groups excluding tert-OH is 5. The molecule has 0 spiro atoms. The molecular weight excluding hydrogens is 510 g/mol. The number of phenolic OH excluding ortho intramolecular Hbond substituents is 1. The van der Waals surface area contributed by atoms with E-state index in [2.05, 4.69) is 4.31 Å². The summed E-state index contributed by atoms with van der Waals surface area (Å²) in [5.41, 5.74) is 2.78. The third-order valence-corrected chi connectivity index (χ3v) is 6.25. The minimum absolute atomic E-state index is 0.206. The van der Waals surface area contributed by atoms with Gasteiger partial charge in [-0.25, -0.2) is 9.13 Å². The third kappa shape index (κ3) is 12.6. The van der Waals surface area contributed by atoms with E-state index in [1.165, 1.54) is 11.1 Å². The van der Waals surface area contributed by atoms with Crippen LogP contribution in [0.1, 0.15) is 25.8 Å². The average Bonchev–Trinajstić information content (AvgIpc) is 2.75. The zero-order chi connectivity index (χ0) is 27.4. The molecule has 0 aromatic heterocycles. The first-order valence-electron chi connectivity index (χ1n) is 9.85. The molecular formula is C20H32O13P2. The molecule has 0 fully saturated rings. The lowest BCUT2D eigenvalue weighted by molar-refractivity contribution is -0.0328. The Morgan fingerprint density at radius 3 is 1.63 bits per heavy atom. The highest BCUT2D eigenvalue weighted by Gasteiger charge is 2.28. The van der Waals surface area contributed by atoms with Gasteiger partial charge in [0.2, 0.25) is 0 Å². The number of rotatable bonds is 7. The zero-order valence-electron chi connectivity index (χ0n) is 19.1. The van der Waals surface area contributed by atoms with Crippen molar-refractivity contribution in [2.45, 2.75) is 20.3 Å². The van der Waals surface area contributed by atoms with Crippen LogP contribution in [0.25, 0.3) is 5.57 Å². The van der Waals surface area contributed by atoms with Crippen LogP contribution in [0.15, 0.2) is 53.3 Å². The first kappa shape index (κ1) is 33.1. The van der Waals surface area contributed by atoms with E-state index in [-0.39, 0.29) is 11.5 Å².